The second-order valence-corrected chi connectivity index (χ2v) is 4.48. The summed E-state index contributed by atoms with van der Waals surface area (Å²) < 4.78 is 0. The summed E-state index contributed by atoms with van der Waals surface area (Å²) in [6.07, 6.45) is 4.50. The molecule has 20 heavy (non-hydrogen) atoms. The predicted octanol–water partition coefficient (Wildman–Crippen LogP) is 2.26. The highest BCUT2D eigenvalue weighted by Gasteiger charge is 2.04. The third-order valence-electron chi connectivity index (χ3n) is 3.08. The Morgan fingerprint density at radius 1 is 1.00 bits per heavy atom. The summed E-state index contributed by atoms with van der Waals surface area (Å²) in [5.74, 6) is 1.07. The number of hydrogen-bond acceptors (Lipinski definition) is 5. The Morgan fingerprint density at radius 3 is 2.65 bits per heavy atom. The van der Waals surface area contributed by atoms with Gasteiger partial charge in [0.1, 0.15) is 5.82 Å². The summed E-state index contributed by atoms with van der Waals surface area (Å²) >= 11 is 0. The van der Waals surface area contributed by atoms with Crippen molar-refractivity contribution in [2.75, 3.05) is 17.6 Å². The zero-order chi connectivity index (χ0) is 13.8. The number of hydrogen-bond donors (Lipinski definition) is 2. The van der Waals surface area contributed by atoms with Crippen LogP contribution in [0, 0.1) is 0 Å². The highest BCUT2D eigenvalue weighted by atomic mass is 15.1. The summed E-state index contributed by atoms with van der Waals surface area (Å²) in [6.45, 7) is 0.782. The smallest absolute Gasteiger partial charge is 0.222 e. The maximum Gasteiger partial charge on any atom is 0.222 e. The zero-order valence-corrected chi connectivity index (χ0v) is 11.0. The Bertz CT molecular complexity index is 712. The molecule has 0 amide bonds. The minimum atomic E-state index is 0.287. The molecule has 5 nitrogen and oxygen atoms in total. The molecule has 0 saturated heterocycles. The maximum atomic E-state index is 5.74. The van der Waals surface area contributed by atoms with Crippen molar-refractivity contribution in [3.05, 3.63) is 54.4 Å². The molecule has 0 radical (unpaired) electrons. The first-order valence-corrected chi connectivity index (χ1v) is 6.48. The van der Waals surface area contributed by atoms with Crippen molar-refractivity contribution in [3.8, 4) is 0 Å². The second kappa shape index (κ2) is 5.52. The van der Waals surface area contributed by atoms with Crippen LogP contribution in [-0.2, 0) is 6.42 Å². The standard InChI is InChI=1S/C15H15N5/c16-15-19-13-4-2-1-3-12(13)14(20-15)18-10-7-11-5-8-17-9-6-11/h1-6,8-9H,7,10H2,(H3,16,18,19,20). The highest BCUT2D eigenvalue weighted by molar-refractivity contribution is 5.89. The van der Waals surface area contributed by atoms with Gasteiger partial charge >= 0.3 is 0 Å². The molecule has 0 fully saturated rings. The lowest BCUT2D eigenvalue weighted by atomic mass is 10.2. The van der Waals surface area contributed by atoms with Gasteiger partial charge in [-0.05, 0) is 36.2 Å². The van der Waals surface area contributed by atoms with Gasteiger partial charge in [-0.3, -0.25) is 4.98 Å². The number of fused-ring (bicyclic) bond motifs is 1. The van der Waals surface area contributed by atoms with Crippen LogP contribution in [0.3, 0.4) is 0 Å². The van der Waals surface area contributed by atoms with Crippen LogP contribution in [0.5, 0.6) is 0 Å². The van der Waals surface area contributed by atoms with E-state index in [1.54, 1.807) is 12.4 Å². The van der Waals surface area contributed by atoms with Gasteiger partial charge in [0.15, 0.2) is 0 Å². The van der Waals surface area contributed by atoms with Crippen LogP contribution in [0.1, 0.15) is 5.56 Å². The van der Waals surface area contributed by atoms with E-state index in [4.69, 9.17) is 5.73 Å². The molecule has 0 bridgehead atoms. The van der Waals surface area contributed by atoms with Crippen LogP contribution in [0.4, 0.5) is 11.8 Å². The summed E-state index contributed by atoms with van der Waals surface area (Å²) in [5.41, 5.74) is 7.83. The fraction of sp³-hybridized carbons (Fsp3) is 0.133. The van der Waals surface area contributed by atoms with Gasteiger partial charge in [-0.1, -0.05) is 12.1 Å². The fourth-order valence-electron chi connectivity index (χ4n) is 2.10. The number of pyridine rings is 1. The topological polar surface area (TPSA) is 76.7 Å². The molecule has 3 N–H and O–H groups in total. The zero-order valence-electron chi connectivity index (χ0n) is 11.0. The Balaban J connectivity index is 1.77. The number of nitrogen functional groups attached to an aromatic ring is 1. The van der Waals surface area contributed by atoms with Gasteiger partial charge in [0.2, 0.25) is 5.95 Å². The maximum absolute atomic E-state index is 5.74. The lowest BCUT2D eigenvalue weighted by Crippen LogP contribution is -2.08. The lowest BCUT2D eigenvalue weighted by molar-refractivity contribution is 1.00. The Morgan fingerprint density at radius 2 is 1.80 bits per heavy atom. The number of nitrogens with zero attached hydrogens (tertiary/aromatic N) is 3. The van der Waals surface area contributed by atoms with E-state index < -0.39 is 0 Å². The average Bonchev–Trinajstić information content (AvgIpc) is 2.48. The number of anilines is 2. The first kappa shape index (κ1) is 12.3. The number of rotatable bonds is 4. The molecule has 2 heterocycles. The largest absolute Gasteiger partial charge is 0.369 e. The third kappa shape index (κ3) is 2.66. The van der Waals surface area contributed by atoms with Crippen LogP contribution in [-0.4, -0.2) is 21.5 Å². The molecule has 3 aromatic rings. The number of benzene rings is 1. The van der Waals surface area contributed by atoms with E-state index in [-0.39, 0.29) is 5.95 Å². The van der Waals surface area contributed by atoms with E-state index in [0.29, 0.717) is 0 Å². The van der Waals surface area contributed by atoms with Crippen molar-refractivity contribution in [1.29, 1.82) is 0 Å². The van der Waals surface area contributed by atoms with Crippen molar-refractivity contribution in [1.82, 2.24) is 15.0 Å². The van der Waals surface area contributed by atoms with Crippen LogP contribution < -0.4 is 11.1 Å². The van der Waals surface area contributed by atoms with E-state index in [2.05, 4.69) is 20.3 Å². The van der Waals surface area contributed by atoms with Gasteiger partial charge in [-0.2, -0.15) is 4.98 Å². The van der Waals surface area contributed by atoms with Gasteiger partial charge in [0, 0.05) is 24.3 Å². The van der Waals surface area contributed by atoms with Gasteiger partial charge in [0.05, 0.1) is 5.52 Å². The van der Waals surface area contributed by atoms with Gasteiger partial charge in [-0.25, -0.2) is 4.98 Å². The van der Waals surface area contributed by atoms with E-state index in [1.165, 1.54) is 5.56 Å². The van der Waals surface area contributed by atoms with Gasteiger partial charge < -0.3 is 11.1 Å². The van der Waals surface area contributed by atoms with E-state index in [0.717, 1.165) is 29.7 Å². The molecule has 0 aliphatic heterocycles. The highest BCUT2D eigenvalue weighted by Crippen LogP contribution is 2.20. The molecule has 0 unspecified atom stereocenters. The number of para-hydroxylation sites is 1. The van der Waals surface area contributed by atoms with Crippen molar-refractivity contribution >= 4 is 22.7 Å². The Kier molecular flexibility index (Phi) is 3.41. The summed E-state index contributed by atoms with van der Waals surface area (Å²) in [5, 5.41) is 4.31. The first-order chi connectivity index (χ1) is 9.83. The number of nitrogens with one attached hydrogen (secondary N) is 1. The van der Waals surface area contributed by atoms with Crippen LogP contribution in [0.25, 0.3) is 10.9 Å². The second-order valence-electron chi connectivity index (χ2n) is 4.48. The van der Waals surface area contributed by atoms with E-state index in [1.807, 2.05) is 36.4 Å². The molecular weight excluding hydrogens is 250 g/mol. The van der Waals surface area contributed by atoms with Crippen LogP contribution in [0.15, 0.2) is 48.8 Å². The summed E-state index contributed by atoms with van der Waals surface area (Å²) in [7, 11) is 0. The van der Waals surface area contributed by atoms with Crippen molar-refractivity contribution in [2.24, 2.45) is 0 Å². The predicted molar refractivity (Wildman–Crippen MR) is 80.4 cm³/mol. The van der Waals surface area contributed by atoms with Gasteiger partial charge in [-0.15, -0.1) is 0 Å². The van der Waals surface area contributed by atoms with Gasteiger partial charge in [0.25, 0.3) is 0 Å². The molecule has 0 aliphatic rings. The third-order valence-corrected chi connectivity index (χ3v) is 3.08. The van der Waals surface area contributed by atoms with Crippen molar-refractivity contribution in [2.45, 2.75) is 6.42 Å². The van der Waals surface area contributed by atoms with Crippen LogP contribution in [0.2, 0.25) is 0 Å². The molecule has 1 aromatic carbocycles. The molecular formula is C15H15N5. The molecule has 2 aromatic heterocycles. The molecule has 5 heteroatoms. The monoisotopic (exact) mass is 265 g/mol. The molecule has 3 rings (SSSR count). The van der Waals surface area contributed by atoms with E-state index >= 15 is 0 Å². The summed E-state index contributed by atoms with van der Waals surface area (Å²) in [4.78, 5) is 12.5. The summed E-state index contributed by atoms with van der Waals surface area (Å²) in [6, 6.07) is 11.8. The molecule has 0 atom stereocenters. The van der Waals surface area contributed by atoms with Crippen LogP contribution >= 0.6 is 0 Å². The minimum Gasteiger partial charge on any atom is -0.369 e. The average molecular weight is 265 g/mol. The molecule has 0 saturated carbocycles. The molecule has 100 valence electrons. The molecule has 0 aliphatic carbocycles. The number of aromatic nitrogens is 3. The fourth-order valence-corrected chi connectivity index (χ4v) is 2.10. The number of nitrogens with two attached hydrogens (primary N) is 1. The Hall–Kier alpha value is -2.69. The SMILES string of the molecule is Nc1nc(NCCc2ccncc2)c2ccccc2n1. The minimum absolute atomic E-state index is 0.287. The lowest BCUT2D eigenvalue weighted by Gasteiger charge is -2.09. The Labute approximate surface area is 116 Å². The van der Waals surface area contributed by atoms with E-state index in [9.17, 15) is 0 Å². The normalized spacial score (nSPS) is 10.6. The molecule has 0 spiro atoms. The van der Waals surface area contributed by atoms with Crippen molar-refractivity contribution < 1.29 is 0 Å². The quantitative estimate of drug-likeness (QED) is 0.756. The van der Waals surface area contributed by atoms with Crippen molar-refractivity contribution in [3.63, 3.8) is 0 Å². The first-order valence-electron chi connectivity index (χ1n) is 6.48.